The Kier molecular flexibility index (Phi) is 8.74. The van der Waals surface area contributed by atoms with Crippen LogP contribution in [0.25, 0.3) is 0 Å². The average molecular weight is 430 g/mol. The maximum absolute atomic E-state index is 13.0. The maximum Gasteiger partial charge on any atom is 0.317 e. The topological polar surface area (TPSA) is 64.1 Å². The minimum absolute atomic E-state index is 0. The number of halogens is 1. The van der Waals surface area contributed by atoms with Crippen LogP contribution < -0.4 is 0 Å². The fourth-order valence-corrected chi connectivity index (χ4v) is 5.43. The zero-order valence-corrected chi connectivity index (χ0v) is 18.4. The first kappa shape index (κ1) is 23.1. The second-order valence-electron chi connectivity index (χ2n) is 7.73. The molecule has 8 heteroatoms. The fraction of sp³-hybridized carbons (Fsp3) is 0.700. The molecule has 0 saturated carbocycles. The van der Waals surface area contributed by atoms with Crippen LogP contribution in [0.5, 0.6) is 0 Å². The van der Waals surface area contributed by atoms with Crippen molar-refractivity contribution < 1.29 is 14.7 Å². The van der Waals surface area contributed by atoms with Crippen LogP contribution in [0.15, 0.2) is 11.4 Å². The first-order chi connectivity index (χ1) is 13.0. The summed E-state index contributed by atoms with van der Waals surface area (Å²) in [5.41, 5.74) is 1.34. The summed E-state index contributed by atoms with van der Waals surface area (Å²) in [5.74, 6) is -0.548. The molecule has 2 aliphatic heterocycles. The summed E-state index contributed by atoms with van der Waals surface area (Å²) in [4.78, 5) is 31.7. The number of aliphatic carboxylic acids is 1. The molecule has 1 saturated heterocycles. The summed E-state index contributed by atoms with van der Waals surface area (Å²) < 4.78 is 0. The lowest BCUT2D eigenvalue weighted by Crippen LogP contribution is -2.45. The number of carboxylic acid groups (broad SMARTS) is 1. The zero-order chi connectivity index (χ0) is 19.4. The summed E-state index contributed by atoms with van der Waals surface area (Å²) in [7, 11) is 1.89. The normalized spacial score (nSPS) is 23.0. The number of likely N-dealkylation sites (N-methyl/N-ethyl adjacent to an activating group) is 1. The van der Waals surface area contributed by atoms with E-state index < -0.39 is 5.97 Å². The Bertz CT molecular complexity index is 669. The van der Waals surface area contributed by atoms with Crippen LogP contribution in [-0.2, 0) is 16.0 Å². The van der Waals surface area contributed by atoms with E-state index in [2.05, 4.69) is 28.2 Å². The van der Waals surface area contributed by atoms with Crippen LogP contribution in [0.2, 0.25) is 0 Å². The minimum Gasteiger partial charge on any atom is -0.480 e. The third kappa shape index (κ3) is 5.47. The van der Waals surface area contributed by atoms with E-state index in [1.54, 1.807) is 0 Å². The number of thiophene rings is 1. The van der Waals surface area contributed by atoms with Crippen LogP contribution in [0.1, 0.15) is 49.1 Å². The van der Waals surface area contributed by atoms with Gasteiger partial charge in [0.2, 0.25) is 5.91 Å². The van der Waals surface area contributed by atoms with Crippen LogP contribution in [0, 0.1) is 0 Å². The lowest BCUT2D eigenvalue weighted by atomic mass is 9.97. The molecule has 3 heterocycles. The van der Waals surface area contributed by atoms with Crippen molar-refractivity contribution in [1.29, 1.82) is 0 Å². The molecule has 2 aliphatic rings. The van der Waals surface area contributed by atoms with Crippen LogP contribution >= 0.6 is 23.7 Å². The van der Waals surface area contributed by atoms with Gasteiger partial charge in [0, 0.05) is 24.0 Å². The maximum atomic E-state index is 13.0. The monoisotopic (exact) mass is 429 g/mol. The number of likely N-dealkylation sites (tertiary alicyclic amines) is 1. The minimum atomic E-state index is -0.780. The van der Waals surface area contributed by atoms with Gasteiger partial charge in [0.1, 0.15) is 0 Å². The second kappa shape index (κ2) is 10.6. The largest absolute Gasteiger partial charge is 0.480 e. The number of amides is 1. The molecule has 158 valence electrons. The molecule has 1 amide bonds. The van der Waals surface area contributed by atoms with Gasteiger partial charge in [-0.3, -0.25) is 19.4 Å². The van der Waals surface area contributed by atoms with Crippen molar-refractivity contribution in [3.63, 3.8) is 0 Å². The van der Waals surface area contributed by atoms with Gasteiger partial charge in [-0.2, -0.15) is 0 Å². The van der Waals surface area contributed by atoms with Crippen molar-refractivity contribution in [3.8, 4) is 0 Å². The number of hydrogen-bond donors (Lipinski definition) is 1. The molecule has 0 bridgehead atoms. The highest BCUT2D eigenvalue weighted by Gasteiger charge is 2.31. The van der Waals surface area contributed by atoms with Gasteiger partial charge in [0.15, 0.2) is 0 Å². The molecular formula is C20H32ClN3O3S. The molecule has 0 spiro atoms. The number of nitrogens with zero attached hydrogens (tertiary/aromatic N) is 3. The van der Waals surface area contributed by atoms with Crippen LogP contribution in [0.3, 0.4) is 0 Å². The van der Waals surface area contributed by atoms with Gasteiger partial charge >= 0.3 is 5.97 Å². The highest BCUT2D eigenvalue weighted by molar-refractivity contribution is 7.10. The van der Waals surface area contributed by atoms with Crippen molar-refractivity contribution in [2.75, 3.05) is 39.8 Å². The van der Waals surface area contributed by atoms with Gasteiger partial charge in [-0.15, -0.1) is 23.7 Å². The van der Waals surface area contributed by atoms with E-state index in [4.69, 9.17) is 5.11 Å². The molecule has 2 unspecified atom stereocenters. The summed E-state index contributed by atoms with van der Waals surface area (Å²) >= 11 is 1.81. The van der Waals surface area contributed by atoms with E-state index in [0.29, 0.717) is 6.54 Å². The molecule has 1 fully saturated rings. The van der Waals surface area contributed by atoms with E-state index in [-0.39, 0.29) is 36.9 Å². The summed E-state index contributed by atoms with van der Waals surface area (Å²) in [6, 6.07) is 2.68. The smallest absolute Gasteiger partial charge is 0.317 e. The first-order valence-electron chi connectivity index (χ1n) is 9.99. The zero-order valence-electron chi connectivity index (χ0n) is 16.8. The number of hydrogen-bond acceptors (Lipinski definition) is 5. The van der Waals surface area contributed by atoms with E-state index in [1.165, 1.54) is 10.4 Å². The van der Waals surface area contributed by atoms with Crippen molar-refractivity contribution in [2.24, 2.45) is 0 Å². The predicted molar refractivity (Wildman–Crippen MR) is 114 cm³/mol. The lowest BCUT2D eigenvalue weighted by molar-refractivity contribution is -0.138. The molecule has 0 aromatic carbocycles. The molecule has 0 radical (unpaired) electrons. The van der Waals surface area contributed by atoms with E-state index >= 15 is 0 Å². The molecule has 2 atom stereocenters. The van der Waals surface area contributed by atoms with Gasteiger partial charge in [-0.25, -0.2) is 0 Å². The Balaban J connectivity index is 0.00000280. The van der Waals surface area contributed by atoms with Gasteiger partial charge in [0.05, 0.1) is 19.1 Å². The third-order valence-corrected chi connectivity index (χ3v) is 6.96. The number of carbonyl (C=O) groups is 2. The van der Waals surface area contributed by atoms with Crippen molar-refractivity contribution in [1.82, 2.24) is 14.7 Å². The van der Waals surface area contributed by atoms with Gasteiger partial charge < -0.3 is 10.0 Å². The van der Waals surface area contributed by atoms with Crippen molar-refractivity contribution in [2.45, 2.75) is 51.1 Å². The second-order valence-corrected chi connectivity index (χ2v) is 8.73. The Morgan fingerprint density at radius 2 is 2.07 bits per heavy atom. The van der Waals surface area contributed by atoms with Gasteiger partial charge in [0.25, 0.3) is 0 Å². The molecule has 1 N–H and O–H groups in total. The SMILES string of the molecule is CCC1c2ccsc2CCN1C(=O)CN1CCCC(N(C)CC(=O)O)CC1.Cl. The predicted octanol–water partition coefficient (Wildman–Crippen LogP) is 2.88. The van der Waals surface area contributed by atoms with E-state index in [1.807, 2.05) is 23.3 Å². The fourth-order valence-electron chi connectivity index (χ4n) is 4.50. The average Bonchev–Trinajstić information content (AvgIpc) is 2.99. The Morgan fingerprint density at radius 3 is 2.79 bits per heavy atom. The lowest BCUT2D eigenvalue weighted by Gasteiger charge is -2.36. The quantitative estimate of drug-likeness (QED) is 0.753. The van der Waals surface area contributed by atoms with Crippen molar-refractivity contribution >= 4 is 35.6 Å². The molecular weight excluding hydrogens is 398 g/mol. The highest BCUT2D eigenvalue weighted by atomic mass is 35.5. The van der Waals surface area contributed by atoms with E-state index in [0.717, 1.165) is 51.7 Å². The molecule has 28 heavy (non-hydrogen) atoms. The number of rotatable bonds is 6. The van der Waals surface area contributed by atoms with Crippen LogP contribution in [0.4, 0.5) is 0 Å². The number of fused-ring (bicyclic) bond motifs is 1. The van der Waals surface area contributed by atoms with Crippen LogP contribution in [-0.4, -0.2) is 77.5 Å². The van der Waals surface area contributed by atoms with Crippen molar-refractivity contribution in [3.05, 3.63) is 21.9 Å². The Morgan fingerprint density at radius 1 is 1.29 bits per heavy atom. The molecule has 1 aromatic heterocycles. The standard InChI is InChI=1S/C20H31N3O3S.ClH/c1-3-17-16-8-12-27-18(16)7-11-23(17)19(24)13-22-9-4-5-15(6-10-22)21(2)14-20(25)26;/h8,12,15,17H,3-7,9-11,13-14H2,1-2H3,(H,25,26);1H. The Labute approximate surface area is 177 Å². The Hall–Kier alpha value is -1.15. The third-order valence-electron chi connectivity index (χ3n) is 5.96. The number of carbonyl (C=O) groups excluding carboxylic acids is 1. The highest BCUT2D eigenvalue weighted by Crippen LogP contribution is 2.35. The summed E-state index contributed by atoms with van der Waals surface area (Å²) in [6.45, 7) is 5.31. The molecule has 6 nitrogen and oxygen atoms in total. The van der Waals surface area contributed by atoms with Gasteiger partial charge in [-0.05, 0) is 62.7 Å². The molecule has 1 aromatic rings. The number of carboxylic acids is 1. The van der Waals surface area contributed by atoms with E-state index in [9.17, 15) is 9.59 Å². The summed E-state index contributed by atoms with van der Waals surface area (Å²) in [6.07, 6.45) is 4.85. The molecule has 3 rings (SSSR count). The summed E-state index contributed by atoms with van der Waals surface area (Å²) in [5, 5.41) is 11.1. The first-order valence-corrected chi connectivity index (χ1v) is 10.9. The van der Waals surface area contributed by atoms with Gasteiger partial charge in [-0.1, -0.05) is 6.92 Å². The molecule has 0 aliphatic carbocycles.